The van der Waals surface area contributed by atoms with E-state index < -0.39 is 15.4 Å². The van der Waals surface area contributed by atoms with Crippen LogP contribution in [0, 0.1) is 0 Å². The zero-order chi connectivity index (χ0) is 14.2. The molecule has 0 spiro atoms. The van der Waals surface area contributed by atoms with Gasteiger partial charge in [-0.1, -0.05) is 31.0 Å². The molecular formula is C15H17NO3S. The van der Waals surface area contributed by atoms with Crippen molar-refractivity contribution in [2.24, 2.45) is 4.99 Å². The Morgan fingerprint density at radius 1 is 1.15 bits per heavy atom. The van der Waals surface area contributed by atoms with E-state index in [1.165, 1.54) is 0 Å². The summed E-state index contributed by atoms with van der Waals surface area (Å²) in [4.78, 5) is 15.2. The zero-order valence-electron chi connectivity index (χ0n) is 11.2. The highest BCUT2D eigenvalue weighted by Crippen LogP contribution is 2.46. The number of hydrogen-bond acceptors (Lipinski definition) is 4. The number of nitrogens with zero attached hydrogens (tertiary/aromatic N) is 1. The number of hydrogen-bond donors (Lipinski definition) is 0. The molecule has 0 aromatic heterocycles. The van der Waals surface area contributed by atoms with Gasteiger partial charge in [-0.3, -0.25) is 0 Å². The second-order valence-corrected chi connectivity index (χ2v) is 7.88. The quantitative estimate of drug-likeness (QED) is 0.633. The highest BCUT2D eigenvalue weighted by molar-refractivity contribution is 7.92. The minimum absolute atomic E-state index is 0.248. The molecule has 20 heavy (non-hydrogen) atoms. The smallest absolute Gasteiger partial charge is 0.223 e. The maximum Gasteiger partial charge on any atom is 0.235 e. The summed E-state index contributed by atoms with van der Waals surface area (Å²) in [5, 5.41) is -0.248. The predicted molar refractivity (Wildman–Crippen MR) is 74.9 cm³/mol. The molecule has 1 aromatic rings. The average Bonchev–Trinajstić information content (AvgIpc) is 3.21. The summed E-state index contributed by atoms with van der Waals surface area (Å²) in [5.74, 6) is 0. The molecule has 5 heteroatoms. The number of carbonyl (C=O) groups excluding carboxylic acids is 1. The third kappa shape index (κ3) is 2.11. The third-order valence-electron chi connectivity index (χ3n) is 4.35. The first-order valence-corrected chi connectivity index (χ1v) is 8.57. The van der Waals surface area contributed by atoms with Gasteiger partial charge >= 0.3 is 0 Å². The van der Waals surface area contributed by atoms with Crippen LogP contribution in [0.15, 0.2) is 34.2 Å². The minimum Gasteiger partial charge on any atom is -0.223 e. The van der Waals surface area contributed by atoms with Crippen LogP contribution in [0.3, 0.4) is 0 Å². The molecule has 0 bridgehead atoms. The molecule has 0 amide bonds. The first-order valence-electron chi connectivity index (χ1n) is 7.03. The van der Waals surface area contributed by atoms with Crippen LogP contribution in [-0.2, 0) is 20.2 Å². The van der Waals surface area contributed by atoms with E-state index in [2.05, 4.69) is 4.99 Å². The summed E-state index contributed by atoms with van der Waals surface area (Å²) in [6.45, 7) is 0. The van der Waals surface area contributed by atoms with Crippen molar-refractivity contribution in [1.82, 2.24) is 0 Å². The lowest BCUT2D eigenvalue weighted by molar-refractivity contribution is 0.446. The Morgan fingerprint density at radius 3 is 2.40 bits per heavy atom. The Hall–Kier alpha value is -1.45. The number of aliphatic imine (C=N–C) groups is 1. The monoisotopic (exact) mass is 291 g/mol. The first-order chi connectivity index (χ1) is 9.60. The van der Waals surface area contributed by atoms with E-state index in [-0.39, 0.29) is 5.25 Å². The van der Waals surface area contributed by atoms with Gasteiger partial charge < -0.3 is 0 Å². The lowest BCUT2D eigenvalue weighted by atomic mass is 9.89. The molecule has 0 unspecified atom stereocenters. The fraction of sp³-hybridized carbons (Fsp3) is 0.533. The second kappa shape index (κ2) is 4.83. The van der Waals surface area contributed by atoms with Gasteiger partial charge in [-0.05, 0) is 37.3 Å². The number of sulfone groups is 1. The van der Waals surface area contributed by atoms with Crippen LogP contribution in [0.25, 0.3) is 0 Å². The lowest BCUT2D eigenvalue weighted by Crippen LogP contribution is -2.23. The fourth-order valence-electron chi connectivity index (χ4n) is 3.15. The summed E-state index contributed by atoms with van der Waals surface area (Å²) in [7, 11) is -3.28. The molecule has 106 valence electrons. The molecule has 4 nitrogen and oxygen atoms in total. The van der Waals surface area contributed by atoms with Gasteiger partial charge in [0.05, 0.1) is 15.7 Å². The van der Waals surface area contributed by atoms with Crippen LogP contribution in [0.1, 0.15) is 44.1 Å². The molecule has 2 saturated carbocycles. The SMILES string of the molecule is O=C=NC1(c2ccccc2S(=O)(=O)C2CC2)CCCC1. The summed E-state index contributed by atoms with van der Waals surface area (Å²) < 4.78 is 25.2. The molecule has 0 aliphatic heterocycles. The third-order valence-corrected chi connectivity index (χ3v) is 6.67. The standard InChI is InChI=1S/C15H17NO3S/c17-11-16-15(9-3-4-10-15)13-5-1-2-6-14(13)20(18,19)12-7-8-12/h1-2,5-6,12H,3-4,7-10H2. The molecule has 0 atom stereocenters. The molecule has 0 N–H and O–H groups in total. The van der Waals surface area contributed by atoms with Crippen LogP contribution in [-0.4, -0.2) is 19.7 Å². The normalized spacial score (nSPS) is 21.4. The van der Waals surface area contributed by atoms with Gasteiger partial charge in [0.15, 0.2) is 9.84 Å². The van der Waals surface area contributed by atoms with Gasteiger partial charge in [-0.2, -0.15) is 4.99 Å². The topological polar surface area (TPSA) is 63.6 Å². The van der Waals surface area contributed by atoms with Gasteiger partial charge in [0.2, 0.25) is 6.08 Å². The van der Waals surface area contributed by atoms with Crippen molar-refractivity contribution in [2.75, 3.05) is 0 Å². The van der Waals surface area contributed by atoms with Crippen LogP contribution < -0.4 is 0 Å². The van der Waals surface area contributed by atoms with Crippen LogP contribution in [0.5, 0.6) is 0 Å². The van der Waals surface area contributed by atoms with Crippen molar-refractivity contribution < 1.29 is 13.2 Å². The van der Waals surface area contributed by atoms with Gasteiger partial charge in [0.25, 0.3) is 0 Å². The summed E-state index contributed by atoms with van der Waals surface area (Å²) in [5.41, 5.74) is 0.00748. The van der Waals surface area contributed by atoms with E-state index in [9.17, 15) is 13.2 Å². The predicted octanol–water partition coefficient (Wildman–Crippen LogP) is 2.73. The highest BCUT2D eigenvalue weighted by Gasteiger charge is 2.43. The Labute approximate surface area is 118 Å². The zero-order valence-corrected chi connectivity index (χ0v) is 12.0. The summed E-state index contributed by atoms with van der Waals surface area (Å²) >= 11 is 0. The van der Waals surface area contributed by atoms with Crippen LogP contribution in [0.4, 0.5) is 0 Å². The molecule has 2 fully saturated rings. The average molecular weight is 291 g/mol. The van der Waals surface area contributed by atoms with Crippen LogP contribution in [0.2, 0.25) is 0 Å². The van der Waals surface area contributed by atoms with Crippen molar-refractivity contribution in [1.29, 1.82) is 0 Å². The van der Waals surface area contributed by atoms with E-state index >= 15 is 0 Å². The Kier molecular flexibility index (Phi) is 3.27. The molecule has 2 aliphatic carbocycles. The molecule has 2 aliphatic rings. The van der Waals surface area contributed by atoms with Crippen molar-refractivity contribution in [3.8, 4) is 0 Å². The van der Waals surface area contributed by atoms with Gasteiger partial charge in [-0.25, -0.2) is 13.2 Å². The Bertz CT molecular complexity index is 664. The van der Waals surface area contributed by atoms with Crippen molar-refractivity contribution >= 4 is 15.9 Å². The molecule has 3 rings (SSSR count). The molecule has 0 radical (unpaired) electrons. The van der Waals surface area contributed by atoms with Crippen LogP contribution >= 0.6 is 0 Å². The molecule has 1 aromatic carbocycles. The lowest BCUT2D eigenvalue weighted by Gasteiger charge is -2.25. The summed E-state index contributed by atoms with van der Waals surface area (Å²) in [6.07, 6.45) is 6.49. The van der Waals surface area contributed by atoms with E-state index in [0.717, 1.165) is 38.5 Å². The fourth-order valence-corrected chi connectivity index (χ4v) is 5.09. The number of rotatable bonds is 4. The van der Waals surface area contributed by atoms with E-state index in [4.69, 9.17) is 0 Å². The van der Waals surface area contributed by atoms with E-state index in [1.807, 2.05) is 6.07 Å². The second-order valence-electron chi connectivity index (χ2n) is 5.68. The maximum absolute atomic E-state index is 12.6. The largest absolute Gasteiger partial charge is 0.235 e. The van der Waals surface area contributed by atoms with E-state index in [1.54, 1.807) is 24.3 Å². The maximum atomic E-state index is 12.6. The minimum atomic E-state index is -3.28. The number of benzene rings is 1. The van der Waals surface area contributed by atoms with Gasteiger partial charge in [-0.15, -0.1) is 0 Å². The van der Waals surface area contributed by atoms with Crippen molar-refractivity contribution in [3.63, 3.8) is 0 Å². The Balaban J connectivity index is 2.17. The van der Waals surface area contributed by atoms with Crippen molar-refractivity contribution in [2.45, 2.75) is 54.2 Å². The Morgan fingerprint density at radius 2 is 1.80 bits per heavy atom. The van der Waals surface area contributed by atoms with Gasteiger partial charge in [0, 0.05) is 0 Å². The molecular weight excluding hydrogens is 274 g/mol. The van der Waals surface area contributed by atoms with Gasteiger partial charge in [0.1, 0.15) is 0 Å². The number of isocyanates is 1. The molecule has 0 saturated heterocycles. The van der Waals surface area contributed by atoms with E-state index in [0.29, 0.717) is 10.5 Å². The summed E-state index contributed by atoms with van der Waals surface area (Å²) in [6, 6.07) is 7.03. The first kappa shape index (κ1) is 13.5. The highest BCUT2D eigenvalue weighted by atomic mass is 32.2. The molecule has 0 heterocycles. The van der Waals surface area contributed by atoms with Crippen molar-refractivity contribution in [3.05, 3.63) is 29.8 Å².